The van der Waals surface area contributed by atoms with Crippen LogP contribution in [0.2, 0.25) is 0 Å². The van der Waals surface area contributed by atoms with Crippen LogP contribution >= 0.6 is 0 Å². The number of piperazine rings is 1. The number of hydrogen-bond acceptors (Lipinski definition) is 5. The summed E-state index contributed by atoms with van der Waals surface area (Å²) in [6.07, 6.45) is 0. The Balaban J connectivity index is 1.48. The Labute approximate surface area is 170 Å². The quantitative estimate of drug-likeness (QED) is 0.594. The fourth-order valence-corrected chi connectivity index (χ4v) is 3.29. The summed E-state index contributed by atoms with van der Waals surface area (Å²) >= 11 is 0. The number of carbonyl (C=O) groups is 3. The van der Waals surface area contributed by atoms with Gasteiger partial charge in [0, 0.05) is 43.5 Å². The molecule has 0 bridgehead atoms. The van der Waals surface area contributed by atoms with Crippen LogP contribution in [0.15, 0.2) is 48.5 Å². The van der Waals surface area contributed by atoms with E-state index < -0.39 is 11.7 Å². The number of hydrogen-bond donors (Lipinski definition) is 1. The van der Waals surface area contributed by atoms with Crippen molar-refractivity contribution in [1.29, 1.82) is 0 Å². The summed E-state index contributed by atoms with van der Waals surface area (Å²) in [5.41, 5.74) is 2.27. The Morgan fingerprint density at radius 1 is 1.00 bits per heavy atom. The summed E-state index contributed by atoms with van der Waals surface area (Å²) in [6.45, 7) is 4.15. The molecule has 3 rings (SSSR count). The summed E-state index contributed by atoms with van der Waals surface area (Å²) in [6, 6.07) is 14.6. The predicted octanol–water partition coefficient (Wildman–Crippen LogP) is 1.65. The molecule has 0 aliphatic carbocycles. The van der Waals surface area contributed by atoms with E-state index in [1.807, 2.05) is 37.3 Å². The fourth-order valence-electron chi connectivity index (χ4n) is 3.29. The molecular weight excluding hydrogens is 370 g/mol. The first-order valence-electron chi connectivity index (χ1n) is 9.54. The minimum atomic E-state index is -0.765. The number of Topliss-reactive ketones (excluding diaryl/α,β-unsaturated/α-hetero) is 1. The lowest BCUT2D eigenvalue weighted by atomic mass is 10.1. The van der Waals surface area contributed by atoms with Gasteiger partial charge in [0.2, 0.25) is 11.7 Å². The van der Waals surface area contributed by atoms with E-state index in [0.717, 1.165) is 17.0 Å². The maximum Gasteiger partial charge on any atom is 0.292 e. The average molecular weight is 395 g/mol. The highest BCUT2D eigenvalue weighted by Crippen LogP contribution is 2.22. The van der Waals surface area contributed by atoms with Crippen molar-refractivity contribution < 1.29 is 19.1 Å². The van der Waals surface area contributed by atoms with Gasteiger partial charge < -0.3 is 19.9 Å². The van der Waals surface area contributed by atoms with Crippen LogP contribution in [0.25, 0.3) is 0 Å². The molecule has 0 aromatic heterocycles. The van der Waals surface area contributed by atoms with Gasteiger partial charge in [0.1, 0.15) is 5.75 Å². The van der Waals surface area contributed by atoms with Gasteiger partial charge in [-0.1, -0.05) is 29.8 Å². The van der Waals surface area contributed by atoms with Crippen molar-refractivity contribution in [2.24, 2.45) is 0 Å². The molecule has 1 fully saturated rings. The average Bonchev–Trinajstić information content (AvgIpc) is 2.76. The van der Waals surface area contributed by atoms with Crippen LogP contribution in [0.5, 0.6) is 5.75 Å². The zero-order chi connectivity index (χ0) is 20.8. The topological polar surface area (TPSA) is 79.0 Å². The smallest absolute Gasteiger partial charge is 0.292 e. The molecule has 1 aliphatic heterocycles. The Bertz CT molecular complexity index is 904. The van der Waals surface area contributed by atoms with Crippen LogP contribution in [-0.4, -0.2) is 62.3 Å². The fraction of sp³-hybridized carbons (Fsp3) is 0.318. The monoisotopic (exact) mass is 395 g/mol. The molecule has 1 saturated heterocycles. The summed E-state index contributed by atoms with van der Waals surface area (Å²) in [5, 5.41) is 2.45. The zero-order valence-electron chi connectivity index (χ0n) is 16.7. The van der Waals surface area contributed by atoms with Crippen molar-refractivity contribution in [3.05, 3.63) is 59.7 Å². The van der Waals surface area contributed by atoms with Crippen molar-refractivity contribution in [1.82, 2.24) is 10.2 Å². The maximum atomic E-state index is 12.4. The lowest BCUT2D eigenvalue weighted by Crippen LogP contribution is -2.51. The first-order valence-corrected chi connectivity index (χ1v) is 9.54. The molecule has 1 N–H and O–H groups in total. The Kier molecular flexibility index (Phi) is 6.49. The van der Waals surface area contributed by atoms with E-state index in [1.165, 1.54) is 0 Å². The molecule has 1 aliphatic rings. The van der Waals surface area contributed by atoms with E-state index >= 15 is 0 Å². The van der Waals surface area contributed by atoms with Gasteiger partial charge in [0.15, 0.2) is 0 Å². The van der Waals surface area contributed by atoms with Crippen molar-refractivity contribution >= 4 is 23.3 Å². The summed E-state index contributed by atoms with van der Waals surface area (Å²) in [4.78, 5) is 40.6. The van der Waals surface area contributed by atoms with Gasteiger partial charge in [0.05, 0.1) is 13.7 Å². The second-order valence-corrected chi connectivity index (χ2v) is 6.95. The van der Waals surface area contributed by atoms with Crippen LogP contribution in [0, 0.1) is 6.92 Å². The second-order valence-electron chi connectivity index (χ2n) is 6.95. The number of nitrogens with zero attached hydrogens (tertiary/aromatic N) is 2. The molecular formula is C22H25N3O4. The first-order chi connectivity index (χ1) is 14.0. The van der Waals surface area contributed by atoms with E-state index in [9.17, 15) is 14.4 Å². The molecule has 0 radical (unpaired) electrons. The minimum Gasteiger partial charge on any atom is -0.497 e. The highest BCUT2D eigenvalue weighted by molar-refractivity contribution is 6.43. The molecule has 0 unspecified atom stereocenters. The van der Waals surface area contributed by atoms with Crippen LogP contribution in [-0.2, 0) is 9.59 Å². The molecule has 152 valence electrons. The third kappa shape index (κ3) is 5.13. The van der Waals surface area contributed by atoms with E-state index in [4.69, 9.17) is 4.74 Å². The standard InChI is InChI=1S/C22H25N3O4/c1-16-5-3-6-17(13-16)21(27)22(28)23-15-20(26)25-11-9-24(10-12-25)18-7-4-8-19(14-18)29-2/h3-8,13-14H,9-12,15H2,1-2H3,(H,23,28). The highest BCUT2D eigenvalue weighted by Gasteiger charge is 2.23. The minimum absolute atomic E-state index is 0.185. The van der Waals surface area contributed by atoms with Crippen LogP contribution in [0.3, 0.4) is 0 Å². The SMILES string of the molecule is COc1cccc(N2CCN(C(=O)CNC(=O)C(=O)c3cccc(C)c3)CC2)c1. The summed E-state index contributed by atoms with van der Waals surface area (Å²) < 4.78 is 5.26. The molecule has 2 amide bonds. The van der Waals surface area contributed by atoms with Gasteiger partial charge in [-0.05, 0) is 25.1 Å². The maximum absolute atomic E-state index is 12.4. The molecule has 2 aromatic carbocycles. The normalized spacial score (nSPS) is 13.7. The van der Waals surface area contributed by atoms with Gasteiger partial charge in [0.25, 0.3) is 5.91 Å². The molecule has 7 nitrogen and oxygen atoms in total. The van der Waals surface area contributed by atoms with E-state index in [2.05, 4.69) is 10.2 Å². The molecule has 0 saturated carbocycles. The number of nitrogens with one attached hydrogen (secondary N) is 1. The first kappa shape index (κ1) is 20.4. The van der Waals surface area contributed by atoms with Crippen LogP contribution in [0.1, 0.15) is 15.9 Å². The number of carbonyl (C=O) groups excluding carboxylic acids is 3. The Morgan fingerprint density at radius 2 is 1.72 bits per heavy atom. The number of ketones is 1. The van der Waals surface area contributed by atoms with Crippen molar-refractivity contribution in [3.8, 4) is 5.75 Å². The van der Waals surface area contributed by atoms with Gasteiger partial charge in [-0.15, -0.1) is 0 Å². The van der Waals surface area contributed by atoms with Gasteiger partial charge in [-0.2, -0.15) is 0 Å². The molecule has 0 atom stereocenters. The lowest BCUT2D eigenvalue weighted by molar-refractivity contribution is -0.132. The number of amides is 2. The molecule has 1 heterocycles. The van der Waals surface area contributed by atoms with Gasteiger partial charge in [-0.3, -0.25) is 14.4 Å². The number of ether oxygens (including phenoxy) is 1. The number of aryl methyl sites for hydroxylation is 1. The molecule has 2 aromatic rings. The number of methoxy groups -OCH3 is 1. The van der Waals surface area contributed by atoms with Crippen molar-refractivity contribution in [2.75, 3.05) is 44.7 Å². The van der Waals surface area contributed by atoms with E-state index in [1.54, 1.807) is 30.2 Å². The molecule has 29 heavy (non-hydrogen) atoms. The van der Waals surface area contributed by atoms with Gasteiger partial charge >= 0.3 is 0 Å². The lowest BCUT2D eigenvalue weighted by Gasteiger charge is -2.36. The number of rotatable bonds is 6. The van der Waals surface area contributed by atoms with Crippen LogP contribution in [0.4, 0.5) is 5.69 Å². The largest absolute Gasteiger partial charge is 0.497 e. The third-order valence-corrected chi connectivity index (χ3v) is 4.94. The van der Waals surface area contributed by atoms with E-state index in [0.29, 0.717) is 31.7 Å². The second kappa shape index (κ2) is 9.23. The highest BCUT2D eigenvalue weighted by atomic mass is 16.5. The number of benzene rings is 2. The van der Waals surface area contributed by atoms with Crippen molar-refractivity contribution in [3.63, 3.8) is 0 Å². The number of anilines is 1. The van der Waals surface area contributed by atoms with Gasteiger partial charge in [-0.25, -0.2) is 0 Å². The zero-order valence-corrected chi connectivity index (χ0v) is 16.7. The molecule has 7 heteroatoms. The van der Waals surface area contributed by atoms with Crippen LogP contribution < -0.4 is 15.0 Å². The van der Waals surface area contributed by atoms with E-state index in [-0.39, 0.29) is 12.5 Å². The Morgan fingerprint density at radius 3 is 2.41 bits per heavy atom. The summed E-state index contributed by atoms with van der Waals surface area (Å²) in [7, 11) is 1.63. The predicted molar refractivity (Wildman–Crippen MR) is 110 cm³/mol. The molecule has 0 spiro atoms. The Hall–Kier alpha value is -3.35. The third-order valence-electron chi connectivity index (χ3n) is 4.94. The summed E-state index contributed by atoms with van der Waals surface area (Å²) in [5.74, 6) is -0.800. The van der Waals surface area contributed by atoms with Crippen molar-refractivity contribution in [2.45, 2.75) is 6.92 Å².